The van der Waals surface area contributed by atoms with Crippen molar-refractivity contribution >= 4 is 24.9 Å². The fourth-order valence-corrected chi connectivity index (χ4v) is 3.58. The summed E-state index contributed by atoms with van der Waals surface area (Å²) in [7, 11) is -4.24. The Balaban J connectivity index is 1.73. The SMILES string of the molecule is CC(C)OP(=O)(O)OC[C@H]1O[C@@H](n2cnc3c(=O)[nH]c(N)nc32)CC1O. The molecule has 3 heterocycles. The van der Waals surface area contributed by atoms with E-state index in [1.807, 2.05) is 0 Å². The lowest BCUT2D eigenvalue weighted by Gasteiger charge is -2.19. The van der Waals surface area contributed by atoms with Crippen molar-refractivity contribution in [2.75, 3.05) is 12.3 Å². The lowest BCUT2D eigenvalue weighted by molar-refractivity contribution is -0.0449. The predicted molar refractivity (Wildman–Crippen MR) is 89.1 cm³/mol. The molecule has 3 rings (SSSR count). The summed E-state index contributed by atoms with van der Waals surface area (Å²) in [4.78, 5) is 31.8. The van der Waals surface area contributed by atoms with Crippen molar-refractivity contribution in [3.63, 3.8) is 0 Å². The molecule has 0 radical (unpaired) electrons. The number of nitrogens with zero attached hydrogens (tertiary/aromatic N) is 3. The second kappa shape index (κ2) is 7.06. The summed E-state index contributed by atoms with van der Waals surface area (Å²) < 4.78 is 28.5. The predicted octanol–water partition coefficient (Wildman–Crippen LogP) is -0.108. The number of aliphatic hydroxyl groups is 1. The van der Waals surface area contributed by atoms with Crippen molar-refractivity contribution in [2.24, 2.45) is 0 Å². The van der Waals surface area contributed by atoms with E-state index in [4.69, 9.17) is 19.5 Å². The number of aliphatic hydroxyl groups excluding tert-OH is 1. The number of aromatic nitrogens is 4. The van der Waals surface area contributed by atoms with Gasteiger partial charge in [-0.15, -0.1) is 0 Å². The van der Waals surface area contributed by atoms with E-state index in [1.54, 1.807) is 13.8 Å². The van der Waals surface area contributed by atoms with Gasteiger partial charge >= 0.3 is 7.82 Å². The minimum absolute atomic E-state index is 0.0743. The summed E-state index contributed by atoms with van der Waals surface area (Å²) in [6.07, 6.45) is -1.52. The molecule has 12 nitrogen and oxygen atoms in total. The second-order valence-corrected chi connectivity index (χ2v) is 7.53. The quantitative estimate of drug-likeness (QED) is 0.488. The van der Waals surface area contributed by atoms with Crippen LogP contribution in [0, 0.1) is 0 Å². The van der Waals surface area contributed by atoms with E-state index in [9.17, 15) is 19.4 Å². The van der Waals surface area contributed by atoms with E-state index in [0.29, 0.717) is 0 Å². The van der Waals surface area contributed by atoms with Crippen LogP contribution in [0.5, 0.6) is 0 Å². The smallest absolute Gasteiger partial charge is 0.390 e. The molecule has 4 atom stereocenters. The van der Waals surface area contributed by atoms with Crippen LogP contribution >= 0.6 is 7.82 Å². The van der Waals surface area contributed by atoms with Crippen LogP contribution in [0.1, 0.15) is 26.5 Å². The molecule has 26 heavy (non-hydrogen) atoms. The van der Waals surface area contributed by atoms with Gasteiger partial charge in [0.05, 0.1) is 25.1 Å². The van der Waals surface area contributed by atoms with Crippen molar-refractivity contribution in [3.05, 3.63) is 16.7 Å². The van der Waals surface area contributed by atoms with Crippen LogP contribution in [0.3, 0.4) is 0 Å². The minimum atomic E-state index is -4.24. The number of fused-ring (bicyclic) bond motifs is 1. The first-order valence-corrected chi connectivity index (χ1v) is 9.37. The largest absolute Gasteiger partial charge is 0.472 e. The van der Waals surface area contributed by atoms with E-state index in [1.165, 1.54) is 10.9 Å². The monoisotopic (exact) mass is 389 g/mol. The van der Waals surface area contributed by atoms with Crippen LogP contribution in [0.2, 0.25) is 0 Å². The van der Waals surface area contributed by atoms with Gasteiger partial charge in [0.2, 0.25) is 5.95 Å². The number of imidazole rings is 1. The third kappa shape index (κ3) is 3.95. The maximum Gasteiger partial charge on any atom is 0.472 e. The Labute approximate surface area is 147 Å². The summed E-state index contributed by atoms with van der Waals surface area (Å²) in [5, 5.41) is 10.2. The van der Waals surface area contributed by atoms with Crippen LogP contribution in [-0.2, 0) is 18.3 Å². The Kier molecular flexibility index (Phi) is 5.15. The van der Waals surface area contributed by atoms with Gasteiger partial charge in [-0.05, 0) is 13.8 Å². The van der Waals surface area contributed by atoms with Gasteiger partial charge in [-0.3, -0.25) is 23.4 Å². The number of rotatable bonds is 6. The normalized spacial score (nSPS) is 25.8. The van der Waals surface area contributed by atoms with Gasteiger partial charge in [-0.25, -0.2) is 9.55 Å². The number of anilines is 1. The lowest BCUT2D eigenvalue weighted by atomic mass is 10.2. The molecule has 144 valence electrons. The molecule has 13 heteroatoms. The van der Waals surface area contributed by atoms with Gasteiger partial charge in [-0.1, -0.05) is 0 Å². The maximum atomic E-state index is 11.8. The Hall–Kier alpha value is -1.82. The summed E-state index contributed by atoms with van der Waals surface area (Å²) in [6.45, 7) is 2.84. The highest BCUT2D eigenvalue weighted by Crippen LogP contribution is 2.45. The van der Waals surface area contributed by atoms with Crippen molar-refractivity contribution in [3.8, 4) is 0 Å². The molecule has 1 aliphatic heterocycles. The number of hydrogen-bond acceptors (Lipinski definition) is 9. The van der Waals surface area contributed by atoms with Crippen LogP contribution in [0.15, 0.2) is 11.1 Å². The average molecular weight is 389 g/mol. The highest BCUT2D eigenvalue weighted by molar-refractivity contribution is 7.47. The number of nitrogens with one attached hydrogen (secondary N) is 1. The number of aromatic amines is 1. The van der Waals surface area contributed by atoms with E-state index >= 15 is 0 Å². The Bertz CT molecular complexity index is 897. The van der Waals surface area contributed by atoms with E-state index in [-0.39, 0.29) is 30.1 Å². The molecule has 0 aliphatic carbocycles. The van der Waals surface area contributed by atoms with Gasteiger partial charge in [0.15, 0.2) is 11.2 Å². The molecule has 0 bridgehead atoms. The van der Waals surface area contributed by atoms with Gasteiger partial charge in [0, 0.05) is 6.42 Å². The topological polar surface area (TPSA) is 175 Å². The van der Waals surface area contributed by atoms with E-state index in [2.05, 4.69) is 15.0 Å². The first kappa shape index (κ1) is 19.0. The molecular weight excluding hydrogens is 369 g/mol. The Morgan fingerprint density at radius 1 is 1.58 bits per heavy atom. The van der Waals surface area contributed by atoms with Gasteiger partial charge in [0.1, 0.15) is 12.3 Å². The summed E-state index contributed by atoms with van der Waals surface area (Å²) in [5.74, 6) is -0.0743. The zero-order chi connectivity index (χ0) is 19.1. The molecule has 2 aromatic rings. The zero-order valence-corrected chi connectivity index (χ0v) is 15.0. The minimum Gasteiger partial charge on any atom is -0.390 e. The van der Waals surface area contributed by atoms with Crippen molar-refractivity contribution in [1.82, 2.24) is 19.5 Å². The molecule has 0 spiro atoms. The van der Waals surface area contributed by atoms with Gasteiger partial charge < -0.3 is 20.5 Å². The standard InChI is InChI=1S/C13H20N5O7P/c1-6(2)25-26(21,22)23-4-8-7(19)3-9(24-8)18-5-15-10-11(18)16-13(14)17-12(10)20/h5-9,19H,3-4H2,1-2H3,(H,21,22)(H3,14,16,17,20)/t7?,8-,9-/m1/s1. The zero-order valence-electron chi connectivity index (χ0n) is 14.1. The summed E-state index contributed by atoms with van der Waals surface area (Å²) in [5.41, 5.74) is 5.36. The molecule has 2 aromatic heterocycles. The number of phosphoric acid groups is 1. The molecule has 5 N–H and O–H groups in total. The van der Waals surface area contributed by atoms with Gasteiger partial charge in [0.25, 0.3) is 5.56 Å². The molecule has 0 aromatic carbocycles. The molecule has 1 fully saturated rings. The first-order chi connectivity index (χ1) is 12.2. The molecule has 1 aliphatic rings. The first-order valence-electron chi connectivity index (χ1n) is 7.88. The maximum absolute atomic E-state index is 11.8. The van der Waals surface area contributed by atoms with Crippen LogP contribution < -0.4 is 11.3 Å². The van der Waals surface area contributed by atoms with Gasteiger partial charge in [-0.2, -0.15) is 4.98 Å². The number of H-pyrrole nitrogens is 1. The summed E-state index contributed by atoms with van der Waals surface area (Å²) >= 11 is 0. The third-order valence-electron chi connectivity index (χ3n) is 3.71. The number of hydrogen-bond donors (Lipinski definition) is 4. The third-order valence-corrected chi connectivity index (χ3v) is 4.87. The van der Waals surface area contributed by atoms with Crippen LogP contribution in [-0.4, -0.2) is 54.4 Å². The highest BCUT2D eigenvalue weighted by atomic mass is 31.2. The fourth-order valence-electron chi connectivity index (χ4n) is 2.65. The lowest BCUT2D eigenvalue weighted by Crippen LogP contribution is -2.26. The highest BCUT2D eigenvalue weighted by Gasteiger charge is 2.38. The van der Waals surface area contributed by atoms with Crippen LogP contribution in [0.4, 0.5) is 5.95 Å². The number of ether oxygens (including phenoxy) is 1. The van der Waals surface area contributed by atoms with Crippen molar-refractivity contribution in [1.29, 1.82) is 0 Å². The molecule has 0 amide bonds. The Morgan fingerprint density at radius 3 is 3.00 bits per heavy atom. The average Bonchev–Trinajstić information content (AvgIpc) is 3.07. The second-order valence-electron chi connectivity index (χ2n) is 6.13. The summed E-state index contributed by atoms with van der Waals surface area (Å²) in [6, 6.07) is 0. The van der Waals surface area contributed by atoms with Crippen molar-refractivity contribution < 1.29 is 28.3 Å². The number of nitrogen functional groups attached to an aromatic ring is 1. The number of phosphoric ester groups is 1. The van der Waals surface area contributed by atoms with Crippen LogP contribution in [0.25, 0.3) is 11.2 Å². The molecule has 1 saturated heterocycles. The van der Waals surface area contributed by atoms with E-state index < -0.39 is 37.9 Å². The molecule has 2 unspecified atom stereocenters. The van der Waals surface area contributed by atoms with E-state index in [0.717, 1.165) is 0 Å². The molecule has 0 saturated carbocycles. The van der Waals surface area contributed by atoms with Crippen molar-refractivity contribution in [2.45, 2.75) is 44.8 Å². The Morgan fingerprint density at radius 2 is 2.31 bits per heavy atom. The fraction of sp³-hybridized carbons (Fsp3) is 0.615. The molecular formula is C13H20N5O7P. The number of nitrogens with two attached hydrogens (primary N) is 1.